The lowest BCUT2D eigenvalue weighted by molar-refractivity contribution is 0.0891. The molecule has 3 atom stereocenters. The van der Waals surface area contributed by atoms with Crippen molar-refractivity contribution in [3.8, 4) is 0 Å². The van der Waals surface area contributed by atoms with Crippen LogP contribution in [0.2, 0.25) is 0 Å². The number of carbonyl (C=O) groups excluding carboxylic acids is 1. The quantitative estimate of drug-likeness (QED) is 0.602. The number of nitrogens with zero attached hydrogens (tertiary/aromatic N) is 1. The maximum absolute atomic E-state index is 13.0. The summed E-state index contributed by atoms with van der Waals surface area (Å²) in [4.78, 5) is 29.0. The Morgan fingerprint density at radius 3 is 2.70 bits per heavy atom. The number of nitrogens with one attached hydrogen (secondary N) is 2. The Bertz CT molecular complexity index is 1180. The summed E-state index contributed by atoms with van der Waals surface area (Å²) in [6.45, 7) is 4.87. The summed E-state index contributed by atoms with van der Waals surface area (Å²) in [5.74, 6) is 0.967. The second-order valence-corrected chi connectivity index (χ2v) is 8.80. The molecule has 0 spiro atoms. The van der Waals surface area contributed by atoms with E-state index in [0.717, 1.165) is 18.4 Å². The predicted octanol–water partition coefficient (Wildman–Crippen LogP) is 4.66. The average molecular weight is 422 g/mol. The molecule has 1 amide bonds. The van der Waals surface area contributed by atoms with Gasteiger partial charge in [0.05, 0.1) is 17.4 Å². The normalized spacial score (nSPS) is 21.5. The van der Waals surface area contributed by atoms with Crippen LogP contribution in [0.15, 0.2) is 53.3 Å². The predicted molar refractivity (Wildman–Crippen MR) is 122 cm³/mol. The van der Waals surface area contributed by atoms with Gasteiger partial charge in [0.25, 0.3) is 11.5 Å². The lowest BCUT2D eigenvalue weighted by atomic mass is 9.78. The number of H-pyrrole nitrogens is 1. The highest BCUT2D eigenvalue weighted by molar-refractivity contribution is 7.71. The molecule has 4 rings (SSSR count). The fourth-order valence-corrected chi connectivity index (χ4v) is 4.60. The summed E-state index contributed by atoms with van der Waals surface area (Å²) < 4.78 is 1.90. The lowest BCUT2D eigenvalue weighted by Crippen LogP contribution is -2.43. The summed E-state index contributed by atoms with van der Waals surface area (Å²) in [5, 5.41) is 3.71. The molecule has 156 valence electrons. The molecule has 1 fully saturated rings. The first-order valence-electron chi connectivity index (χ1n) is 10.6. The molecule has 0 aliphatic heterocycles. The van der Waals surface area contributed by atoms with Crippen molar-refractivity contribution in [2.45, 2.75) is 45.7 Å². The number of amides is 1. The minimum Gasteiger partial charge on any atom is -0.349 e. The Morgan fingerprint density at radius 1 is 1.17 bits per heavy atom. The number of hydrogen-bond donors (Lipinski definition) is 2. The maximum atomic E-state index is 13.0. The van der Waals surface area contributed by atoms with Gasteiger partial charge in [-0.15, -0.1) is 0 Å². The molecule has 3 aromatic rings. The Balaban J connectivity index is 1.62. The van der Waals surface area contributed by atoms with Gasteiger partial charge in [0, 0.05) is 11.6 Å². The summed E-state index contributed by atoms with van der Waals surface area (Å²) in [6, 6.07) is 15.1. The number of rotatable bonds is 4. The summed E-state index contributed by atoms with van der Waals surface area (Å²) >= 11 is 5.44. The third kappa shape index (κ3) is 4.10. The van der Waals surface area contributed by atoms with Gasteiger partial charge in [-0.05, 0) is 54.2 Å². The van der Waals surface area contributed by atoms with E-state index in [-0.39, 0.29) is 17.5 Å². The highest BCUT2D eigenvalue weighted by atomic mass is 32.1. The average Bonchev–Trinajstić information content (AvgIpc) is 2.74. The zero-order valence-electron chi connectivity index (χ0n) is 17.4. The molecule has 0 unspecified atom stereocenters. The SMILES string of the molecule is C[C@@H]1[C@H](C)CCC[C@@H]1NC(=O)c1ccc2c(=O)n(Cc3ccccc3)c(=S)[nH]c2c1. The monoisotopic (exact) mass is 421 g/mol. The van der Waals surface area contributed by atoms with E-state index < -0.39 is 0 Å². The van der Waals surface area contributed by atoms with Crippen LogP contribution in [0.5, 0.6) is 0 Å². The molecule has 2 aromatic carbocycles. The first-order valence-corrected chi connectivity index (χ1v) is 11.0. The Hall–Kier alpha value is -2.73. The molecule has 6 heteroatoms. The minimum atomic E-state index is -0.153. The maximum Gasteiger partial charge on any atom is 0.262 e. The van der Waals surface area contributed by atoms with E-state index >= 15 is 0 Å². The van der Waals surface area contributed by atoms with Crippen molar-refractivity contribution in [3.63, 3.8) is 0 Å². The molecule has 0 radical (unpaired) electrons. The second kappa shape index (κ2) is 8.56. The first kappa shape index (κ1) is 20.5. The molecule has 0 bridgehead atoms. The Kier molecular flexibility index (Phi) is 5.86. The zero-order valence-corrected chi connectivity index (χ0v) is 18.2. The van der Waals surface area contributed by atoms with Gasteiger partial charge in [-0.3, -0.25) is 14.2 Å². The Labute approximate surface area is 181 Å². The van der Waals surface area contributed by atoms with Gasteiger partial charge in [0.15, 0.2) is 4.77 Å². The van der Waals surface area contributed by atoms with Crippen molar-refractivity contribution in [2.24, 2.45) is 11.8 Å². The van der Waals surface area contributed by atoms with Crippen molar-refractivity contribution < 1.29 is 4.79 Å². The van der Waals surface area contributed by atoms with Crippen molar-refractivity contribution in [3.05, 3.63) is 74.8 Å². The topological polar surface area (TPSA) is 66.9 Å². The molecular weight excluding hydrogens is 394 g/mol. The van der Waals surface area contributed by atoms with E-state index in [1.54, 1.807) is 22.8 Å². The van der Waals surface area contributed by atoms with Crippen LogP contribution in [0.3, 0.4) is 0 Å². The van der Waals surface area contributed by atoms with E-state index in [1.807, 2.05) is 30.3 Å². The summed E-state index contributed by atoms with van der Waals surface area (Å²) in [7, 11) is 0. The third-order valence-electron chi connectivity index (χ3n) is 6.45. The third-order valence-corrected chi connectivity index (χ3v) is 6.77. The van der Waals surface area contributed by atoms with Crippen LogP contribution in [0.1, 0.15) is 49.0 Å². The van der Waals surface area contributed by atoms with Gasteiger partial charge in [-0.25, -0.2) is 0 Å². The van der Waals surface area contributed by atoms with E-state index in [1.165, 1.54) is 6.42 Å². The van der Waals surface area contributed by atoms with Crippen LogP contribution in [-0.4, -0.2) is 21.5 Å². The van der Waals surface area contributed by atoms with Crippen LogP contribution in [-0.2, 0) is 6.54 Å². The van der Waals surface area contributed by atoms with Crippen LogP contribution in [0, 0.1) is 16.6 Å². The van der Waals surface area contributed by atoms with E-state index in [9.17, 15) is 9.59 Å². The van der Waals surface area contributed by atoms with Crippen LogP contribution >= 0.6 is 12.2 Å². The second-order valence-electron chi connectivity index (χ2n) is 8.41. The standard InChI is InChI=1S/C24H27N3O2S/c1-15-7-6-10-20(16(15)2)25-22(28)18-11-12-19-21(13-18)26-24(30)27(23(19)29)14-17-8-4-3-5-9-17/h3-5,8-9,11-13,15-16,20H,6-7,10,14H2,1-2H3,(H,25,28)(H,26,30)/t15-,16-,20+/m1/s1. The molecule has 1 aromatic heterocycles. The molecule has 1 aliphatic carbocycles. The molecule has 30 heavy (non-hydrogen) atoms. The van der Waals surface area contributed by atoms with Gasteiger partial charge in [-0.1, -0.05) is 57.0 Å². The Morgan fingerprint density at radius 2 is 1.93 bits per heavy atom. The van der Waals surface area contributed by atoms with Crippen LogP contribution in [0.4, 0.5) is 0 Å². The minimum absolute atomic E-state index is 0.101. The van der Waals surface area contributed by atoms with Gasteiger partial charge < -0.3 is 10.3 Å². The fraction of sp³-hybridized carbons (Fsp3) is 0.375. The largest absolute Gasteiger partial charge is 0.349 e. The van der Waals surface area contributed by atoms with Gasteiger partial charge in [-0.2, -0.15) is 0 Å². The number of aromatic amines is 1. The van der Waals surface area contributed by atoms with Crippen molar-refractivity contribution in [1.82, 2.24) is 14.9 Å². The number of benzene rings is 2. The van der Waals surface area contributed by atoms with E-state index in [0.29, 0.717) is 39.6 Å². The smallest absolute Gasteiger partial charge is 0.262 e. The van der Waals surface area contributed by atoms with Crippen LogP contribution < -0.4 is 10.9 Å². The lowest BCUT2D eigenvalue weighted by Gasteiger charge is -2.34. The molecule has 0 saturated heterocycles. The van der Waals surface area contributed by atoms with Gasteiger partial charge in [0.1, 0.15) is 0 Å². The van der Waals surface area contributed by atoms with Crippen molar-refractivity contribution in [2.75, 3.05) is 0 Å². The van der Waals surface area contributed by atoms with E-state index in [4.69, 9.17) is 12.2 Å². The highest BCUT2D eigenvalue weighted by Crippen LogP contribution is 2.29. The summed E-state index contributed by atoms with van der Waals surface area (Å²) in [6.07, 6.45) is 3.37. The van der Waals surface area contributed by atoms with E-state index in [2.05, 4.69) is 24.1 Å². The number of aromatic nitrogens is 2. The van der Waals surface area contributed by atoms with Crippen molar-refractivity contribution >= 4 is 29.0 Å². The van der Waals surface area contributed by atoms with Gasteiger partial charge >= 0.3 is 0 Å². The zero-order chi connectivity index (χ0) is 21.3. The number of carbonyl (C=O) groups is 1. The molecule has 1 saturated carbocycles. The fourth-order valence-electron chi connectivity index (χ4n) is 4.34. The summed E-state index contributed by atoms with van der Waals surface area (Å²) in [5.41, 5.74) is 1.98. The van der Waals surface area contributed by atoms with Gasteiger partial charge in [0.2, 0.25) is 0 Å². The molecule has 5 nitrogen and oxygen atoms in total. The van der Waals surface area contributed by atoms with Crippen molar-refractivity contribution in [1.29, 1.82) is 0 Å². The highest BCUT2D eigenvalue weighted by Gasteiger charge is 2.28. The van der Waals surface area contributed by atoms with Crippen LogP contribution in [0.25, 0.3) is 10.9 Å². The number of hydrogen-bond acceptors (Lipinski definition) is 3. The number of fused-ring (bicyclic) bond motifs is 1. The molecule has 1 heterocycles. The first-order chi connectivity index (χ1) is 14.4. The molecular formula is C24H27N3O2S. The molecule has 2 N–H and O–H groups in total. The molecule has 1 aliphatic rings.